The monoisotopic (exact) mass is 769 g/mol. The molecule has 5 aromatic carbocycles. The second-order valence-corrected chi connectivity index (χ2v) is 10.3. The number of benzene rings is 5. The zero-order chi connectivity index (χ0) is 30.7. The van der Waals surface area contributed by atoms with Crippen LogP contribution in [0.4, 0.5) is 0 Å². The van der Waals surface area contributed by atoms with Crippen molar-refractivity contribution in [2.75, 3.05) is 0 Å². The van der Waals surface area contributed by atoms with E-state index >= 15 is 0 Å². The summed E-state index contributed by atoms with van der Waals surface area (Å²) < 4.78 is 0. The molecule has 0 saturated heterocycles. The number of aromatic nitrogens is 3. The standard InChI is InChI=1S/2C15H10N.C12H10N.Ir/c2*1-2-7-13(8-3-1)15-14-9-5-4-6-12(14)10-11-16-15;1-10-6-5-9-13-12(10)11-7-3-2-4-8-11;/h2*1-7,9-11H;2-7,9H,1H3;/q3*-1;+3. The smallest absolute Gasteiger partial charge is 0.304 e. The van der Waals surface area contributed by atoms with Crippen LogP contribution in [0.1, 0.15) is 5.56 Å². The minimum absolute atomic E-state index is 0. The van der Waals surface area contributed by atoms with Crippen LogP contribution in [0.25, 0.3) is 55.3 Å². The van der Waals surface area contributed by atoms with Gasteiger partial charge in [-0.25, -0.2) is 0 Å². The van der Waals surface area contributed by atoms with Crippen LogP contribution in [0.3, 0.4) is 0 Å². The molecule has 0 saturated carbocycles. The molecule has 4 heteroatoms. The van der Waals surface area contributed by atoms with Gasteiger partial charge < -0.3 is 15.0 Å². The second-order valence-electron chi connectivity index (χ2n) is 10.3. The van der Waals surface area contributed by atoms with Crippen molar-refractivity contribution in [2.45, 2.75) is 6.92 Å². The fourth-order valence-electron chi connectivity index (χ4n) is 5.06. The Morgan fingerprint density at radius 2 is 0.804 bits per heavy atom. The number of pyridine rings is 3. The number of aryl methyl sites for hydroxylation is 1. The maximum absolute atomic E-state index is 4.45. The van der Waals surface area contributed by atoms with Crippen LogP contribution in [-0.2, 0) is 20.1 Å². The third kappa shape index (κ3) is 7.86. The Morgan fingerprint density at radius 3 is 1.24 bits per heavy atom. The summed E-state index contributed by atoms with van der Waals surface area (Å²) in [6.07, 6.45) is 5.50. The topological polar surface area (TPSA) is 38.7 Å². The van der Waals surface area contributed by atoms with Crippen molar-refractivity contribution >= 4 is 21.5 Å². The van der Waals surface area contributed by atoms with E-state index in [1.807, 2.05) is 134 Å². The molecule has 0 atom stereocenters. The molecular formula is C42H30IrN3. The Bertz CT molecular complexity index is 1990. The predicted molar refractivity (Wildman–Crippen MR) is 185 cm³/mol. The molecular weight excluding hydrogens is 739 g/mol. The predicted octanol–water partition coefficient (Wildman–Crippen LogP) is 10.3. The van der Waals surface area contributed by atoms with Gasteiger partial charge in [-0.15, -0.1) is 108 Å². The molecule has 8 rings (SSSR count). The van der Waals surface area contributed by atoms with Gasteiger partial charge in [-0.1, -0.05) is 60.2 Å². The summed E-state index contributed by atoms with van der Waals surface area (Å²) in [4.78, 5) is 13.2. The van der Waals surface area contributed by atoms with E-state index in [1.165, 1.54) is 27.1 Å². The van der Waals surface area contributed by atoms with E-state index in [0.29, 0.717) is 0 Å². The molecule has 3 heterocycles. The maximum Gasteiger partial charge on any atom is 3.00 e. The number of nitrogens with zero attached hydrogens (tertiary/aromatic N) is 3. The van der Waals surface area contributed by atoms with Crippen LogP contribution in [0.5, 0.6) is 0 Å². The van der Waals surface area contributed by atoms with E-state index < -0.39 is 0 Å². The molecule has 0 fully saturated rings. The number of hydrogen-bond donors (Lipinski definition) is 0. The Hall–Kier alpha value is -5.28. The van der Waals surface area contributed by atoms with Gasteiger partial charge in [-0.3, -0.25) is 0 Å². The van der Waals surface area contributed by atoms with Crippen molar-refractivity contribution in [2.24, 2.45) is 0 Å². The molecule has 0 amide bonds. The van der Waals surface area contributed by atoms with Crippen LogP contribution in [0.2, 0.25) is 0 Å². The van der Waals surface area contributed by atoms with Gasteiger partial charge in [-0.2, -0.15) is 0 Å². The summed E-state index contributed by atoms with van der Waals surface area (Å²) in [5, 5.41) is 4.77. The molecule has 0 radical (unpaired) electrons. The van der Waals surface area contributed by atoms with Gasteiger partial charge in [0.15, 0.2) is 0 Å². The van der Waals surface area contributed by atoms with Gasteiger partial charge in [0.1, 0.15) is 0 Å². The molecule has 46 heavy (non-hydrogen) atoms. The fraction of sp³-hybridized carbons (Fsp3) is 0.0238. The summed E-state index contributed by atoms with van der Waals surface area (Å²) in [5.74, 6) is 0. The first-order valence-electron chi connectivity index (χ1n) is 14.8. The molecule has 0 aliphatic rings. The number of fused-ring (bicyclic) bond motifs is 2. The van der Waals surface area contributed by atoms with Crippen molar-refractivity contribution in [3.05, 3.63) is 188 Å². The van der Waals surface area contributed by atoms with Gasteiger partial charge in [0, 0.05) is 18.6 Å². The zero-order valence-electron chi connectivity index (χ0n) is 25.3. The van der Waals surface area contributed by atoms with Crippen molar-refractivity contribution in [3.63, 3.8) is 0 Å². The second kappa shape index (κ2) is 16.2. The first-order valence-corrected chi connectivity index (χ1v) is 14.8. The van der Waals surface area contributed by atoms with Gasteiger partial charge >= 0.3 is 20.1 Å². The molecule has 0 spiro atoms. The van der Waals surface area contributed by atoms with Gasteiger partial charge in [0.25, 0.3) is 0 Å². The van der Waals surface area contributed by atoms with Gasteiger partial charge in [-0.05, 0) is 63.7 Å². The minimum atomic E-state index is 0. The van der Waals surface area contributed by atoms with E-state index in [-0.39, 0.29) is 20.1 Å². The molecule has 0 N–H and O–H groups in total. The fourth-order valence-corrected chi connectivity index (χ4v) is 5.06. The SMILES string of the molecule is Cc1cccnc1-c1[c-]cccc1.[Ir+3].[c-]1ccccc1-c1nccc2ccccc12.[c-]1ccccc1-c1nccc2ccccc12. The molecule has 0 aliphatic heterocycles. The average molecular weight is 769 g/mol. The minimum Gasteiger partial charge on any atom is -0.304 e. The Morgan fingerprint density at radius 1 is 0.391 bits per heavy atom. The van der Waals surface area contributed by atoms with Crippen LogP contribution < -0.4 is 0 Å². The molecule has 222 valence electrons. The molecule has 3 aromatic heterocycles. The molecule has 0 aliphatic carbocycles. The van der Waals surface area contributed by atoms with E-state index in [1.54, 1.807) is 0 Å². The Labute approximate surface area is 284 Å². The Balaban J connectivity index is 0.000000135. The van der Waals surface area contributed by atoms with E-state index in [0.717, 1.165) is 33.8 Å². The van der Waals surface area contributed by atoms with Crippen LogP contribution in [0.15, 0.2) is 164 Å². The van der Waals surface area contributed by atoms with Crippen LogP contribution in [0, 0.1) is 25.1 Å². The van der Waals surface area contributed by atoms with Crippen molar-refractivity contribution in [3.8, 4) is 33.8 Å². The number of rotatable bonds is 3. The summed E-state index contributed by atoms with van der Waals surface area (Å²) in [6, 6.07) is 58.0. The van der Waals surface area contributed by atoms with E-state index in [9.17, 15) is 0 Å². The summed E-state index contributed by atoms with van der Waals surface area (Å²) >= 11 is 0. The van der Waals surface area contributed by atoms with Crippen molar-refractivity contribution in [1.29, 1.82) is 0 Å². The van der Waals surface area contributed by atoms with E-state index in [4.69, 9.17) is 0 Å². The maximum atomic E-state index is 4.45. The summed E-state index contributed by atoms with van der Waals surface area (Å²) in [7, 11) is 0. The molecule has 0 unspecified atom stereocenters. The number of hydrogen-bond acceptors (Lipinski definition) is 3. The quantitative estimate of drug-likeness (QED) is 0.168. The zero-order valence-corrected chi connectivity index (χ0v) is 27.7. The van der Waals surface area contributed by atoms with Gasteiger partial charge in [0.05, 0.1) is 0 Å². The summed E-state index contributed by atoms with van der Waals surface area (Å²) in [6.45, 7) is 2.06. The third-order valence-corrected chi connectivity index (χ3v) is 7.25. The molecule has 8 aromatic rings. The largest absolute Gasteiger partial charge is 3.00 e. The van der Waals surface area contributed by atoms with E-state index in [2.05, 4.69) is 70.4 Å². The normalized spacial score (nSPS) is 10.1. The summed E-state index contributed by atoms with van der Waals surface area (Å²) in [5.41, 5.74) is 7.34. The third-order valence-electron chi connectivity index (χ3n) is 7.25. The molecule has 3 nitrogen and oxygen atoms in total. The average Bonchev–Trinajstić information content (AvgIpc) is 3.13. The first-order chi connectivity index (χ1) is 22.3. The van der Waals surface area contributed by atoms with Crippen LogP contribution in [-0.4, -0.2) is 15.0 Å². The van der Waals surface area contributed by atoms with Crippen molar-refractivity contribution in [1.82, 2.24) is 15.0 Å². The first kappa shape index (κ1) is 32.1. The van der Waals surface area contributed by atoms with Crippen molar-refractivity contribution < 1.29 is 20.1 Å². The Kier molecular flexibility index (Phi) is 11.3. The van der Waals surface area contributed by atoms with Crippen LogP contribution >= 0.6 is 0 Å². The van der Waals surface area contributed by atoms with Gasteiger partial charge in [0.2, 0.25) is 0 Å². The molecule has 0 bridgehead atoms.